The lowest BCUT2D eigenvalue weighted by Gasteiger charge is -2.06. The minimum atomic E-state index is -0.550. The Kier molecular flexibility index (Phi) is 3.13. The van der Waals surface area contributed by atoms with E-state index in [-0.39, 0.29) is 6.54 Å². The van der Waals surface area contributed by atoms with Crippen LogP contribution < -0.4 is 16.2 Å². The zero-order chi connectivity index (χ0) is 15.0. The van der Waals surface area contributed by atoms with Crippen molar-refractivity contribution in [2.24, 2.45) is 0 Å². The maximum absolute atomic E-state index is 14.0. The van der Waals surface area contributed by atoms with Crippen LogP contribution in [0.15, 0.2) is 45.6 Å². The number of nitrogens with zero attached hydrogens (tertiary/aromatic N) is 1. The molecule has 5 nitrogen and oxygen atoms in total. The maximum atomic E-state index is 14.0. The molecule has 1 heterocycles. The number of nitrogens with two attached hydrogens (primary N) is 1. The number of benzene rings is 2. The fourth-order valence-electron chi connectivity index (χ4n) is 2.19. The first-order chi connectivity index (χ1) is 10.1. The monoisotopic (exact) mass is 288 g/mol. The van der Waals surface area contributed by atoms with Crippen LogP contribution in [0.5, 0.6) is 5.75 Å². The molecule has 2 N–H and O–H groups in total. The van der Waals surface area contributed by atoms with E-state index in [9.17, 15) is 9.18 Å². The molecule has 0 saturated heterocycles. The minimum absolute atomic E-state index is 0.0750. The Balaban J connectivity index is 2.06. The van der Waals surface area contributed by atoms with Gasteiger partial charge in [0.15, 0.2) is 5.58 Å². The number of ether oxygens (including phenoxy) is 1. The van der Waals surface area contributed by atoms with Crippen LogP contribution in [-0.4, -0.2) is 11.7 Å². The van der Waals surface area contributed by atoms with E-state index >= 15 is 0 Å². The molecule has 0 aliphatic carbocycles. The second-order valence-electron chi connectivity index (χ2n) is 4.64. The zero-order valence-electron chi connectivity index (χ0n) is 11.3. The third kappa shape index (κ3) is 2.35. The van der Waals surface area contributed by atoms with Crippen molar-refractivity contribution < 1.29 is 13.5 Å². The largest absolute Gasteiger partial charge is 0.497 e. The van der Waals surface area contributed by atoms with Crippen molar-refractivity contribution in [3.05, 3.63) is 58.3 Å². The molecule has 1 aromatic heterocycles. The summed E-state index contributed by atoms with van der Waals surface area (Å²) in [6, 6.07) is 9.41. The van der Waals surface area contributed by atoms with E-state index in [4.69, 9.17) is 14.9 Å². The van der Waals surface area contributed by atoms with E-state index in [2.05, 4.69) is 0 Å². The number of nitrogen functional groups attached to an aromatic ring is 1. The average molecular weight is 288 g/mol. The van der Waals surface area contributed by atoms with Crippen molar-refractivity contribution in [1.29, 1.82) is 0 Å². The number of oxazole rings is 1. The number of aromatic nitrogens is 1. The fraction of sp³-hybridized carbons (Fsp3) is 0.133. The summed E-state index contributed by atoms with van der Waals surface area (Å²) in [5.41, 5.74) is 7.48. The second kappa shape index (κ2) is 4.97. The normalized spacial score (nSPS) is 11.0. The van der Waals surface area contributed by atoms with E-state index in [1.54, 1.807) is 30.3 Å². The summed E-state index contributed by atoms with van der Waals surface area (Å²) in [6.45, 7) is 0.0750. The Morgan fingerprint density at radius 3 is 2.81 bits per heavy atom. The Hall–Kier alpha value is -2.76. The first-order valence-corrected chi connectivity index (χ1v) is 6.30. The fourth-order valence-corrected chi connectivity index (χ4v) is 2.19. The van der Waals surface area contributed by atoms with Gasteiger partial charge in [-0.25, -0.2) is 9.18 Å². The zero-order valence-corrected chi connectivity index (χ0v) is 11.3. The van der Waals surface area contributed by atoms with Gasteiger partial charge in [-0.15, -0.1) is 0 Å². The van der Waals surface area contributed by atoms with Crippen molar-refractivity contribution in [1.82, 2.24) is 4.57 Å². The molecular weight excluding hydrogens is 275 g/mol. The summed E-state index contributed by atoms with van der Waals surface area (Å²) < 4.78 is 25.4. The molecule has 21 heavy (non-hydrogen) atoms. The molecule has 6 heteroatoms. The molecule has 0 bridgehead atoms. The van der Waals surface area contributed by atoms with Gasteiger partial charge in [-0.2, -0.15) is 0 Å². The summed E-state index contributed by atoms with van der Waals surface area (Å²) in [7, 11) is 1.47. The maximum Gasteiger partial charge on any atom is 0.420 e. The van der Waals surface area contributed by atoms with Gasteiger partial charge in [0.05, 0.1) is 19.2 Å². The number of hydrogen-bond donors (Lipinski definition) is 1. The second-order valence-corrected chi connectivity index (χ2v) is 4.64. The van der Waals surface area contributed by atoms with Crippen molar-refractivity contribution in [3.8, 4) is 5.75 Å². The van der Waals surface area contributed by atoms with E-state index in [1.807, 2.05) is 0 Å². The number of hydrogen-bond acceptors (Lipinski definition) is 4. The van der Waals surface area contributed by atoms with E-state index in [1.165, 1.54) is 17.7 Å². The quantitative estimate of drug-likeness (QED) is 0.751. The summed E-state index contributed by atoms with van der Waals surface area (Å²) in [5.74, 6) is -0.565. The Morgan fingerprint density at radius 2 is 2.10 bits per heavy atom. The Labute approximate surface area is 119 Å². The van der Waals surface area contributed by atoms with Gasteiger partial charge in [0.1, 0.15) is 11.6 Å². The lowest BCUT2D eigenvalue weighted by molar-refractivity contribution is 0.410. The predicted octanol–water partition coefficient (Wildman–Crippen LogP) is 2.37. The van der Waals surface area contributed by atoms with Gasteiger partial charge < -0.3 is 14.9 Å². The number of rotatable bonds is 3. The van der Waals surface area contributed by atoms with Crippen LogP contribution in [0.2, 0.25) is 0 Å². The molecule has 3 rings (SSSR count). The smallest absolute Gasteiger partial charge is 0.420 e. The van der Waals surface area contributed by atoms with Gasteiger partial charge in [-0.05, 0) is 18.2 Å². The highest BCUT2D eigenvalue weighted by atomic mass is 19.1. The van der Waals surface area contributed by atoms with E-state index in [0.717, 1.165) is 0 Å². The third-order valence-corrected chi connectivity index (χ3v) is 3.28. The lowest BCUT2D eigenvalue weighted by Crippen LogP contribution is -2.15. The highest BCUT2D eigenvalue weighted by Crippen LogP contribution is 2.20. The summed E-state index contributed by atoms with van der Waals surface area (Å²) in [6.07, 6.45) is 0. The molecule has 0 fully saturated rings. The molecule has 0 radical (unpaired) electrons. The molecule has 2 aromatic carbocycles. The first-order valence-electron chi connectivity index (χ1n) is 6.30. The molecule has 0 amide bonds. The van der Waals surface area contributed by atoms with Gasteiger partial charge in [-0.3, -0.25) is 4.57 Å². The molecule has 0 aliphatic heterocycles. The summed E-state index contributed by atoms with van der Waals surface area (Å²) >= 11 is 0. The van der Waals surface area contributed by atoms with Crippen molar-refractivity contribution >= 4 is 16.8 Å². The van der Waals surface area contributed by atoms with E-state index in [0.29, 0.717) is 28.1 Å². The summed E-state index contributed by atoms with van der Waals surface area (Å²) in [5, 5.41) is 0. The highest BCUT2D eigenvalue weighted by Gasteiger charge is 2.12. The van der Waals surface area contributed by atoms with Crippen LogP contribution in [0.4, 0.5) is 10.1 Å². The molecule has 0 unspecified atom stereocenters. The third-order valence-electron chi connectivity index (χ3n) is 3.28. The number of halogens is 1. The molecule has 0 aliphatic rings. The van der Waals surface area contributed by atoms with Crippen molar-refractivity contribution in [2.45, 2.75) is 6.54 Å². The van der Waals surface area contributed by atoms with Crippen LogP contribution >= 0.6 is 0 Å². The van der Waals surface area contributed by atoms with Crippen LogP contribution in [0.25, 0.3) is 11.1 Å². The van der Waals surface area contributed by atoms with E-state index < -0.39 is 11.6 Å². The summed E-state index contributed by atoms with van der Waals surface area (Å²) in [4.78, 5) is 11.9. The van der Waals surface area contributed by atoms with Crippen LogP contribution in [0, 0.1) is 5.82 Å². The first kappa shape index (κ1) is 13.2. The predicted molar refractivity (Wildman–Crippen MR) is 76.9 cm³/mol. The molecule has 0 spiro atoms. The van der Waals surface area contributed by atoms with Crippen LogP contribution in [0.1, 0.15) is 5.56 Å². The van der Waals surface area contributed by atoms with Crippen molar-refractivity contribution in [2.75, 3.05) is 12.8 Å². The average Bonchev–Trinajstić information content (AvgIpc) is 2.76. The lowest BCUT2D eigenvalue weighted by atomic mass is 10.2. The van der Waals surface area contributed by atoms with Crippen LogP contribution in [-0.2, 0) is 6.54 Å². The van der Waals surface area contributed by atoms with Gasteiger partial charge in [0.25, 0.3) is 0 Å². The minimum Gasteiger partial charge on any atom is -0.497 e. The Bertz CT molecular complexity index is 867. The number of fused-ring (bicyclic) bond motifs is 1. The SMILES string of the molecule is COc1ccc(Cn2c(=O)oc3cc(N)ccc32)c(F)c1. The molecular formula is C15H13FN2O3. The molecule has 108 valence electrons. The topological polar surface area (TPSA) is 70.4 Å². The molecule has 0 atom stereocenters. The van der Waals surface area contributed by atoms with Crippen molar-refractivity contribution in [3.63, 3.8) is 0 Å². The Morgan fingerprint density at radius 1 is 1.29 bits per heavy atom. The van der Waals surface area contributed by atoms with Gasteiger partial charge in [0, 0.05) is 23.4 Å². The van der Waals surface area contributed by atoms with Gasteiger partial charge in [-0.1, -0.05) is 6.07 Å². The number of methoxy groups -OCH3 is 1. The molecule has 3 aromatic rings. The van der Waals surface area contributed by atoms with Gasteiger partial charge in [0.2, 0.25) is 0 Å². The van der Waals surface area contributed by atoms with Gasteiger partial charge >= 0.3 is 5.76 Å². The van der Waals surface area contributed by atoms with Crippen LogP contribution in [0.3, 0.4) is 0 Å². The number of anilines is 1. The standard InChI is InChI=1S/C15H13FN2O3/c1-20-11-4-2-9(12(16)7-11)8-18-13-5-3-10(17)6-14(13)21-15(18)19/h2-7H,8,17H2,1H3. The highest BCUT2D eigenvalue weighted by molar-refractivity contribution is 5.76. The molecule has 0 saturated carbocycles.